The number of carbonyl (C=O) groups is 1. The van der Waals surface area contributed by atoms with Gasteiger partial charge in [-0.3, -0.25) is 4.79 Å². The molecule has 1 aromatic carbocycles. The molecular formula is C9H10FNO3. The van der Waals surface area contributed by atoms with Gasteiger partial charge in [-0.2, -0.15) is 0 Å². The first-order valence-corrected chi connectivity index (χ1v) is 3.96. The molecule has 0 aromatic heterocycles. The van der Waals surface area contributed by atoms with Gasteiger partial charge in [-0.15, -0.1) is 0 Å². The summed E-state index contributed by atoms with van der Waals surface area (Å²) in [7, 11) is 0. The summed E-state index contributed by atoms with van der Waals surface area (Å²) in [6.45, 7) is -0.138. The number of benzene rings is 1. The van der Waals surface area contributed by atoms with Gasteiger partial charge in [0.15, 0.2) is 0 Å². The summed E-state index contributed by atoms with van der Waals surface area (Å²) < 4.78 is 17.5. The summed E-state index contributed by atoms with van der Waals surface area (Å²) >= 11 is 0. The topological polar surface area (TPSA) is 72.5 Å². The molecule has 0 aliphatic carbocycles. The van der Waals surface area contributed by atoms with Crippen LogP contribution in [0, 0.1) is 5.82 Å². The van der Waals surface area contributed by atoms with Crippen LogP contribution in [-0.4, -0.2) is 23.7 Å². The molecule has 5 heteroatoms. The summed E-state index contributed by atoms with van der Waals surface area (Å²) in [4.78, 5) is 10.3. The lowest BCUT2D eigenvalue weighted by molar-refractivity contribution is -0.139. The summed E-state index contributed by atoms with van der Waals surface area (Å²) in [5.74, 6) is -1.12. The van der Waals surface area contributed by atoms with Crippen LogP contribution < -0.4 is 10.5 Å². The molecule has 4 nitrogen and oxygen atoms in total. The lowest BCUT2D eigenvalue weighted by atomic mass is 10.3. The third kappa shape index (κ3) is 3.02. The molecule has 1 aromatic rings. The van der Waals surface area contributed by atoms with E-state index in [0.29, 0.717) is 5.75 Å². The Bertz CT molecular complexity index is 312. The summed E-state index contributed by atoms with van der Waals surface area (Å²) in [5, 5.41) is 8.44. The molecule has 3 N–H and O–H groups in total. The molecule has 0 spiro atoms. The molecule has 0 heterocycles. The Kier molecular flexibility index (Phi) is 3.41. The number of aliphatic carboxylic acids is 1. The maximum atomic E-state index is 12.4. The highest BCUT2D eigenvalue weighted by Crippen LogP contribution is 2.10. The molecule has 0 aliphatic rings. The fourth-order valence-corrected chi connectivity index (χ4v) is 0.788. The highest BCUT2D eigenvalue weighted by molar-refractivity contribution is 5.73. The van der Waals surface area contributed by atoms with E-state index in [-0.39, 0.29) is 12.4 Å². The van der Waals surface area contributed by atoms with E-state index >= 15 is 0 Å². The van der Waals surface area contributed by atoms with Crippen molar-refractivity contribution in [3.8, 4) is 5.75 Å². The fourth-order valence-electron chi connectivity index (χ4n) is 0.788. The second kappa shape index (κ2) is 4.57. The quantitative estimate of drug-likeness (QED) is 0.745. The zero-order valence-corrected chi connectivity index (χ0v) is 7.31. The van der Waals surface area contributed by atoms with Crippen molar-refractivity contribution in [2.75, 3.05) is 6.61 Å². The smallest absolute Gasteiger partial charge is 0.324 e. The number of nitrogens with two attached hydrogens (primary N) is 1. The molecule has 76 valence electrons. The van der Waals surface area contributed by atoms with Crippen LogP contribution in [0.1, 0.15) is 0 Å². The van der Waals surface area contributed by atoms with E-state index in [1.54, 1.807) is 0 Å². The SMILES string of the molecule is N[C@@H](COc1ccc(F)cc1)C(=O)O. The molecule has 1 rings (SSSR count). The van der Waals surface area contributed by atoms with E-state index in [4.69, 9.17) is 15.6 Å². The van der Waals surface area contributed by atoms with Crippen LogP contribution in [0.4, 0.5) is 4.39 Å². The normalized spacial score (nSPS) is 12.1. The minimum Gasteiger partial charge on any atom is -0.491 e. The Morgan fingerprint density at radius 2 is 2.07 bits per heavy atom. The van der Waals surface area contributed by atoms with Crippen molar-refractivity contribution in [1.82, 2.24) is 0 Å². The molecule has 0 fully saturated rings. The van der Waals surface area contributed by atoms with Crippen molar-refractivity contribution in [3.63, 3.8) is 0 Å². The molecule has 0 saturated heterocycles. The minimum absolute atomic E-state index is 0.138. The van der Waals surface area contributed by atoms with Crippen LogP contribution in [0.2, 0.25) is 0 Å². The molecule has 14 heavy (non-hydrogen) atoms. The molecule has 0 radical (unpaired) electrons. The van der Waals surface area contributed by atoms with Gasteiger partial charge in [0.25, 0.3) is 0 Å². The molecule has 0 amide bonds. The average Bonchev–Trinajstić information content (AvgIpc) is 2.16. The number of hydrogen-bond donors (Lipinski definition) is 2. The highest BCUT2D eigenvalue weighted by Gasteiger charge is 2.11. The Morgan fingerprint density at radius 1 is 1.50 bits per heavy atom. The van der Waals surface area contributed by atoms with Crippen LogP contribution in [0.25, 0.3) is 0 Å². The van der Waals surface area contributed by atoms with Crippen molar-refractivity contribution >= 4 is 5.97 Å². The van der Waals surface area contributed by atoms with E-state index in [1.165, 1.54) is 24.3 Å². The summed E-state index contributed by atoms with van der Waals surface area (Å²) in [5.41, 5.74) is 5.20. The highest BCUT2D eigenvalue weighted by atomic mass is 19.1. The second-order valence-electron chi connectivity index (χ2n) is 2.71. The van der Waals surface area contributed by atoms with Crippen LogP contribution in [-0.2, 0) is 4.79 Å². The van der Waals surface area contributed by atoms with Crippen LogP contribution in [0.5, 0.6) is 5.75 Å². The minimum atomic E-state index is -1.13. The van der Waals surface area contributed by atoms with Crippen molar-refractivity contribution in [2.45, 2.75) is 6.04 Å². The zero-order valence-electron chi connectivity index (χ0n) is 7.31. The van der Waals surface area contributed by atoms with E-state index in [2.05, 4.69) is 0 Å². The molecule has 0 bridgehead atoms. The maximum absolute atomic E-state index is 12.4. The van der Waals surface area contributed by atoms with Gasteiger partial charge < -0.3 is 15.6 Å². The number of ether oxygens (including phenoxy) is 1. The number of carboxylic acid groups (broad SMARTS) is 1. The number of halogens is 1. The van der Waals surface area contributed by atoms with Crippen molar-refractivity contribution in [2.24, 2.45) is 5.73 Å². The van der Waals surface area contributed by atoms with Gasteiger partial charge >= 0.3 is 5.97 Å². The zero-order chi connectivity index (χ0) is 10.6. The molecular weight excluding hydrogens is 189 g/mol. The van der Waals surface area contributed by atoms with Gasteiger partial charge in [0.2, 0.25) is 0 Å². The Labute approximate surface area is 80.1 Å². The van der Waals surface area contributed by atoms with Gasteiger partial charge in [-0.1, -0.05) is 0 Å². The van der Waals surface area contributed by atoms with Crippen LogP contribution in [0.3, 0.4) is 0 Å². The Hall–Kier alpha value is -1.62. The van der Waals surface area contributed by atoms with Gasteiger partial charge in [-0.25, -0.2) is 4.39 Å². The monoisotopic (exact) mass is 199 g/mol. The van der Waals surface area contributed by atoms with Crippen LogP contribution >= 0.6 is 0 Å². The number of hydrogen-bond acceptors (Lipinski definition) is 3. The van der Waals surface area contributed by atoms with Gasteiger partial charge in [-0.05, 0) is 24.3 Å². The molecule has 0 aliphatic heterocycles. The number of carboxylic acids is 1. The third-order valence-electron chi connectivity index (χ3n) is 1.56. The fraction of sp³-hybridized carbons (Fsp3) is 0.222. The van der Waals surface area contributed by atoms with Crippen molar-refractivity contribution in [1.29, 1.82) is 0 Å². The summed E-state index contributed by atoms with van der Waals surface area (Å²) in [6, 6.07) is 4.19. The second-order valence-corrected chi connectivity index (χ2v) is 2.71. The molecule has 0 saturated carbocycles. The first-order chi connectivity index (χ1) is 6.59. The molecule has 1 atom stereocenters. The van der Waals surface area contributed by atoms with Gasteiger partial charge in [0.05, 0.1) is 0 Å². The summed E-state index contributed by atoms with van der Waals surface area (Å²) in [6.07, 6.45) is 0. The van der Waals surface area contributed by atoms with E-state index in [9.17, 15) is 9.18 Å². The maximum Gasteiger partial charge on any atom is 0.324 e. The van der Waals surface area contributed by atoms with Crippen LogP contribution in [0.15, 0.2) is 24.3 Å². The standard InChI is InChI=1S/C9H10FNO3/c10-6-1-3-7(4-2-6)14-5-8(11)9(12)13/h1-4,8H,5,11H2,(H,12,13)/t8-/m0/s1. The largest absolute Gasteiger partial charge is 0.491 e. The predicted octanol–water partition coefficient (Wildman–Crippen LogP) is 0.616. The van der Waals surface area contributed by atoms with E-state index in [1.807, 2.05) is 0 Å². The van der Waals surface area contributed by atoms with Gasteiger partial charge in [0, 0.05) is 0 Å². The Morgan fingerprint density at radius 3 is 2.57 bits per heavy atom. The van der Waals surface area contributed by atoms with Crippen molar-refractivity contribution in [3.05, 3.63) is 30.1 Å². The molecule has 0 unspecified atom stereocenters. The van der Waals surface area contributed by atoms with Gasteiger partial charge in [0.1, 0.15) is 24.2 Å². The number of rotatable bonds is 4. The van der Waals surface area contributed by atoms with Crippen molar-refractivity contribution < 1.29 is 19.0 Å². The third-order valence-corrected chi connectivity index (χ3v) is 1.56. The lowest BCUT2D eigenvalue weighted by Crippen LogP contribution is -2.36. The average molecular weight is 199 g/mol. The lowest BCUT2D eigenvalue weighted by Gasteiger charge is -2.08. The van der Waals surface area contributed by atoms with E-state index < -0.39 is 12.0 Å². The first-order valence-electron chi connectivity index (χ1n) is 3.96. The first kappa shape index (κ1) is 10.5. The Balaban J connectivity index is 2.46. The van der Waals surface area contributed by atoms with E-state index in [0.717, 1.165) is 0 Å². The predicted molar refractivity (Wildman–Crippen MR) is 47.5 cm³/mol.